The van der Waals surface area contributed by atoms with Crippen LogP contribution in [0.2, 0.25) is 19.6 Å². The van der Waals surface area contributed by atoms with Crippen LogP contribution in [0.15, 0.2) is 0 Å². The summed E-state index contributed by atoms with van der Waals surface area (Å²) in [5.41, 5.74) is -0.825. The summed E-state index contributed by atoms with van der Waals surface area (Å²) in [5.74, 6) is -0.282. The molecular formula is C10H22O3Si. The van der Waals surface area contributed by atoms with E-state index in [0.29, 0.717) is 0 Å². The molecule has 0 aromatic carbocycles. The standard InChI is InChI=1S/C10H22O3Si/c1-8(2)12-9(11)10(3,4)13-14(5,6)7/h8H,1-7H3. The van der Waals surface area contributed by atoms with Gasteiger partial charge in [-0.25, -0.2) is 4.79 Å². The van der Waals surface area contributed by atoms with Gasteiger partial charge in [0.05, 0.1) is 6.10 Å². The molecule has 0 aromatic rings. The first kappa shape index (κ1) is 13.6. The smallest absolute Gasteiger partial charge is 0.336 e. The highest BCUT2D eigenvalue weighted by Gasteiger charge is 2.35. The van der Waals surface area contributed by atoms with Crippen molar-refractivity contribution in [1.82, 2.24) is 0 Å². The fourth-order valence-electron chi connectivity index (χ4n) is 1.16. The molecule has 0 amide bonds. The Kier molecular flexibility index (Phi) is 4.33. The van der Waals surface area contributed by atoms with Gasteiger partial charge >= 0.3 is 5.97 Å². The zero-order valence-corrected chi connectivity index (χ0v) is 11.3. The van der Waals surface area contributed by atoms with Crippen LogP contribution in [0.3, 0.4) is 0 Å². The Balaban J connectivity index is 4.38. The summed E-state index contributed by atoms with van der Waals surface area (Å²) in [5, 5.41) is 0. The second-order valence-electron chi connectivity index (χ2n) is 5.18. The molecule has 0 aromatic heterocycles. The summed E-state index contributed by atoms with van der Waals surface area (Å²) in [4.78, 5) is 11.6. The van der Waals surface area contributed by atoms with Crippen molar-refractivity contribution in [3.63, 3.8) is 0 Å². The molecule has 0 rings (SSSR count). The first-order valence-electron chi connectivity index (χ1n) is 4.96. The van der Waals surface area contributed by atoms with Crippen molar-refractivity contribution in [2.24, 2.45) is 0 Å². The van der Waals surface area contributed by atoms with Crippen LogP contribution in [-0.4, -0.2) is 26.0 Å². The van der Waals surface area contributed by atoms with Crippen LogP contribution in [0.25, 0.3) is 0 Å². The fourth-order valence-corrected chi connectivity index (χ4v) is 2.78. The van der Waals surface area contributed by atoms with Gasteiger partial charge in [0.1, 0.15) is 5.60 Å². The quantitative estimate of drug-likeness (QED) is 0.537. The third kappa shape index (κ3) is 5.39. The van der Waals surface area contributed by atoms with Crippen molar-refractivity contribution in [3.8, 4) is 0 Å². The maximum Gasteiger partial charge on any atom is 0.336 e. The van der Waals surface area contributed by atoms with Crippen molar-refractivity contribution >= 4 is 14.3 Å². The number of carbonyl (C=O) groups excluding carboxylic acids is 1. The molecule has 0 atom stereocenters. The second kappa shape index (κ2) is 4.44. The molecule has 0 unspecified atom stereocenters. The predicted molar refractivity (Wildman–Crippen MR) is 59.7 cm³/mol. The maximum absolute atomic E-state index is 11.6. The van der Waals surface area contributed by atoms with Crippen LogP contribution in [0.4, 0.5) is 0 Å². The Labute approximate surface area is 87.9 Å². The minimum atomic E-state index is -1.71. The number of rotatable bonds is 4. The van der Waals surface area contributed by atoms with Gasteiger partial charge in [-0.1, -0.05) is 0 Å². The van der Waals surface area contributed by atoms with Crippen molar-refractivity contribution in [1.29, 1.82) is 0 Å². The normalized spacial score (nSPS) is 13.1. The molecule has 0 N–H and O–H groups in total. The number of hydrogen-bond acceptors (Lipinski definition) is 3. The van der Waals surface area contributed by atoms with E-state index in [9.17, 15) is 4.79 Å². The lowest BCUT2D eigenvalue weighted by molar-refractivity contribution is -0.164. The van der Waals surface area contributed by atoms with Gasteiger partial charge in [-0.05, 0) is 47.3 Å². The molecule has 0 aliphatic carbocycles. The van der Waals surface area contributed by atoms with E-state index < -0.39 is 13.9 Å². The molecule has 0 aliphatic heterocycles. The Hall–Kier alpha value is -0.353. The van der Waals surface area contributed by atoms with E-state index in [4.69, 9.17) is 9.16 Å². The monoisotopic (exact) mass is 218 g/mol. The van der Waals surface area contributed by atoms with Gasteiger partial charge in [0.25, 0.3) is 0 Å². The van der Waals surface area contributed by atoms with E-state index in [-0.39, 0.29) is 12.1 Å². The molecule has 3 nitrogen and oxygen atoms in total. The van der Waals surface area contributed by atoms with Gasteiger partial charge in [-0.3, -0.25) is 0 Å². The second-order valence-corrected chi connectivity index (χ2v) is 9.61. The Morgan fingerprint density at radius 2 is 1.64 bits per heavy atom. The van der Waals surface area contributed by atoms with Gasteiger partial charge in [-0.2, -0.15) is 0 Å². The number of ether oxygens (including phenoxy) is 1. The lowest BCUT2D eigenvalue weighted by Gasteiger charge is -2.31. The summed E-state index contributed by atoms with van der Waals surface area (Å²) >= 11 is 0. The summed E-state index contributed by atoms with van der Waals surface area (Å²) in [6.45, 7) is 13.4. The van der Waals surface area contributed by atoms with Gasteiger partial charge in [0.15, 0.2) is 8.32 Å². The summed E-state index contributed by atoms with van der Waals surface area (Å²) in [6.07, 6.45) is -0.0907. The van der Waals surface area contributed by atoms with Gasteiger partial charge in [0.2, 0.25) is 0 Å². The fraction of sp³-hybridized carbons (Fsp3) is 0.900. The van der Waals surface area contributed by atoms with Crippen molar-refractivity contribution < 1.29 is 14.0 Å². The average Bonchev–Trinajstić information content (AvgIpc) is 1.78. The van der Waals surface area contributed by atoms with Gasteiger partial charge in [-0.15, -0.1) is 0 Å². The van der Waals surface area contributed by atoms with E-state index >= 15 is 0 Å². The third-order valence-corrected chi connectivity index (χ3v) is 2.52. The molecule has 0 spiro atoms. The lowest BCUT2D eigenvalue weighted by Crippen LogP contribution is -2.45. The van der Waals surface area contributed by atoms with E-state index in [1.807, 2.05) is 13.8 Å². The molecule has 0 saturated carbocycles. The molecule has 0 saturated heterocycles. The third-order valence-electron chi connectivity index (χ3n) is 1.40. The molecule has 14 heavy (non-hydrogen) atoms. The van der Waals surface area contributed by atoms with Crippen molar-refractivity contribution in [2.75, 3.05) is 0 Å². The Bertz CT molecular complexity index is 204. The van der Waals surface area contributed by atoms with Crippen LogP contribution in [0.1, 0.15) is 27.7 Å². The maximum atomic E-state index is 11.6. The number of esters is 1. The zero-order valence-electron chi connectivity index (χ0n) is 10.3. The van der Waals surface area contributed by atoms with E-state index in [1.165, 1.54) is 0 Å². The number of carbonyl (C=O) groups is 1. The van der Waals surface area contributed by atoms with Crippen LogP contribution in [0, 0.1) is 0 Å². The molecule has 0 radical (unpaired) electrons. The van der Waals surface area contributed by atoms with Crippen molar-refractivity contribution in [3.05, 3.63) is 0 Å². The minimum absolute atomic E-state index is 0.0907. The molecule has 0 fully saturated rings. The van der Waals surface area contributed by atoms with E-state index in [2.05, 4.69) is 19.6 Å². The first-order chi connectivity index (χ1) is 6.04. The van der Waals surface area contributed by atoms with Crippen LogP contribution < -0.4 is 0 Å². The van der Waals surface area contributed by atoms with E-state index in [0.717, 1.165) is 0 Å². The molecule has 0 bridgehead atoms. The lowest BCUT2D eigenvalue weighted by atomic mass is 10.1. The highest BCUT2D eigenvalue weighted by molar-refractivity contribution is 6.70. The topological polar surface area (TPSA) is 35.5 Å². The summed E-state index contributed by atoms with van der Waals surface area (Å²) < 4.78 is 10.9. The first-order valence-corrected chi connectivity index (χ1v) is 8.37. The highest BCUT2D eigenvalue weighted by atomic mass is 28.4. The van der Waals surface area contributed by atoms with Crippen LogP contribution >= 0.6 is 0 Å². The summed E-state index contributed by atoms with van der Waals surface area (Å²) in [6, 6.07) is 0. The van der Waals surface area contributed by atoms with Gasteiger partial charge < -0.3 is 9.16 Å². The largest absolute Gasteiger partial charge is 0.461 e. The Morgan fingerprint density at radius 1 is 1.21 bits per heavy atom. The molecule has 84 valence electrons. The zero-order chi connectivity index (χ0) is 11.6. The number of hydrogen-bond donors (Lipinski definition) is 0. The average molecular weight is 218 g/mol. The molecule has 4 heteroatoms. The van der Waals surface area contributed by atoms with Crippen LogP contribution in [-0.2, 0) is 14.0 Å². The molecule has 0 heterocycles. The van der Waals surface area contributed by atoms with Crippen LogP contribution in [0.5, 0.6) is 0 Å². The van der Waals surface area contributed by atoms with Crippen molar-refractivity contribution in [2.45, 2.75) is 59.0 Å². The minimum Gasteiger partial charge on any atom is -0.461 e. The predicted octanol–water partition coefficient (Wildman–Crippen LogP) is 2.57. The SMILES string of the molecule is CC(C)OC(=O)C(C)(C)O[Si](C)(C)C. The van der Waals surface area contributed by atoms with Gasteiger partial charge in [0, 0.05) is 0 Å². The molecular weight excluding hydrogens is 196 g/mol. The highest BCUT2D eigenvalue weighted by Crippen LogP contribution is 2.19. The van der Waals surface area contributed by atoms with E-state index in [1.54, 1.807) is 13.8 Å². The Morgan fingerprint density at radius 3 is 1.93 bits per heavy atom. The summed E-state index contributed by atoms with van der Waals surface area (Å²) in [7, 11) is -1.71. The molecule has 0 aliphatic rings.